The van der Waals surface area contributed by atoms with Gasteiger partial charge in [0.25, 0.3) is 0 Å². The molecule has 17 heavy (non-hydrogen) atoms. The van der Waals surface area contributed by atoms with Gasteiger partial charge in [0, 0.05) is 5.92 Å². The fourth-order valence-corrected chi connectivity index (χ4v) is 2.27. The molecule has 0 atom stereocenters. The van der Waals surface area contributed by atoms with Crippen LogP contribution in [0.2, 0.25) is 0 Å². The van der Waals surface area contributed by atoms with E-state index in [0.717, 1.165) is 11.4 Å². The Morgan fingerprint density at radius 1 is 1.41 bits per heavy atom. The molecule has 0 aliphatic heterocycles. The van der Waals surface area contributed by atoms with E-state index >= 15 is 0 Å². The van der Waals surface area contributed by atoms with E-state index in [4.69, 9.17) is 11.0 Å². The first-order valence-electron chi connectivity index (χ1n) is 6.08. The van der Waals surface area contributed by atoms with Crippen molar-refractivity contribution in [2.45, 2.75) is 32.2 Å². The number of nitrogens with two attached hydrogens (primary N) is 1. The normalized spacial score (nSPS) is 17.0. The van der Waals surface area contributed by atoms with Crippen molar-refractivity contribution < 1.29 is 0 Å². The highest BCUT2D eigenvalue weighted by atomic mass is 14.9. The molecular formula is C14H17N3. The molecule has 0 bridgehead atoms. The topological polar surface area (TPSA) is 62.2 Å². The molecule has 1 aromatic carbocycles. The summed E-state index contributed by atoms with van der Waals surface area (Å²) >= 11 is 0. The highest BCUT2D eigenvalue weighted by Crippen LogP contribution is 2.24. The number of nitrogens with zero attached hydrogens (tertiary/aromatic N) is 2. The molecule has 3 heteroatoms. The second kappa shape index (κ2) is 5.49. The Labute approximate surface area is 102 Å². The minimum atomic E-state index is 0.481. The molecule has 0 saturated heterocycles. The molecule has 1 aliphatic carbocycles. The fraction of sp³-hybridized carbons (Fsp3) is 0.429. The maximum absolute atomic E-state index is 8.80. The van der Waals surface area contributed by atoms with E-state index in [9.17, 15) is 0 Å². The summed E-state index contributed by atoms with van der Waals surface area (Å²) in [6.07, 6.45) is 4.89. The second-order valence-electron chi connectivity index (χ2n) is 4.53. The SMILES string of the molecule is N#Cc1cccc(CN=C(N)C2CCCC2)c1. The lowest BCUT2D eigenvalue weighted by atomic mass is 10.1. The third kappa shape index (κ3) is 3.07. The van der Waals surface area contributed by atoms with Crippen LogP contribution in [-0.4, -0.2) is 5.84 Å². The molecule has 2 N–H and O–H groups in total. The Morgan fingerprint density at radius 3 is 2.88 bits per heavy atom. The van der Waals surface area contributed by atoms with Gasteiger partial charge in [-0.15, -0.1) is 0 Å². The van der Waals surface area contributed by atoms with Gasteiger partial charge < -0.3 is 5.73 Å². The third-order valence-corrected chi connectivity index (χ3v) is 3.27. The number of hydrogen-bond acceptors (Lipinski definition) is 2. The molecule has 0 aromatic heterocycles. The largest absolute Gasteiger partial charge is 0.387 e. The smallest absolute Gasteiger partial charge is 0.0991 e. The van der Waals surface area contributed by atoms with Gasteiger partial charge in [0.15, 0.2) is 0 Å². The van der Waals surface area contributed by atoms with Gasteiger partial charge in [-0.2, -0.15) is 5.26 Å². The summed E-state index contributed by atoms with van der Waals surface area (Å²) in [7, 11) is 0. The van der Waals surface area contributed by atoms with E-state index in [1.54, 1.807) is 6.07 Å². The van der Waals surface area contributed by atoms with Crippen molar-refractivity contribution in [3.8, 4) is 6.07 Å². The predicted octanol–water partition coefficient (Wildman–Crippen LogP) is 2.61. The Hall–Kier alpha value is -1.82. The Bertz CT molecular complexity index is 451. The summed E-state index contributed by atoms with van der Waals surface area (Å²) in [6.45, 7) is 0.581. The van der Waals surface area contributed by atoms with Crippen molar-refractivity contribution >= 4 is 5.84 Å². The van der Waals surface area contributed by atoms with Crippen molar-refractivity contribution in [1.29, 1.82) is 5.26 Å². The summed E-state index contributed by atoms with van der Waals surface area (Å²) in [5.41, 5.74) is 7.71. The third-order valence-electron chi connectivity index (χ3n) is 3.27. The quantitative estimate of drug-likeness (QED) is 0.637. The predicted molar refractivity (Wildman–Crippen MR) is 68.4 cm³/mol. The van der Waals surface area contributed by atoms with Crippen molar-refractivity contribution in [1.82, 2.24) is 0 Å². The summed E-state index contributed by atoms with van der Waals surface area (Å²) in [5, 5.41) is 8.80. The summed E-state index contributed by atoms with van der Waals surface area (Å²) in [6, 6.07) is 9.66. The lowest BCUT2D eigenvalue weighted by molar-refractivity contribution is 0.715. The van der Waals surface area contributed by atoms with Gasteiger partial charge in [-0.05, 0) is 30.5 Å². The average molecular weight is 227 g/mol. The van der Waals surface area contributed by atoms with Crippen LogP contribution in [0, 0.1) is 17.2 Å². The average Bonchev–Trinajstić information content (AvgIpc) is 2.90. The molecule has 0 amide bonds. The van der Waals surface area contributed by atoms with E-state index in [1.165, 1.54) is 25.7 Å². The number of nitriles is 1. The lowest BCUT2D eigenvalue weighted by Gasteiger charge is -2.08. The summed E-state index contributed by atoms with van der Waals surface area (Å²) in [5.74, 6) is 1.26. The molecule has 1 fully saturated rings. The molecular weight excluding hydrogens is 210 g/mol. The Morgan fingerprint density at radius 2 is 2.18 bits per heavy atom. The van der Waals surface area contributed by atoms with Crippen LogP contribution in [0.4, 0.5) is 0 Å². The van der Waals surface area contributed by atoms with Crippen LogP contribution in [0.3, 0.4) is 0 Å². The van der Waals surface area contributed by atoms with Crippen molar-refractivity contribution in [3.63, 3.8) is 0 Å². The lowest BCUT2D eigenvalue weighted by Crippen LogP contribution is -2.21. The maximum Gasteiger partial charge on any atom is 0.0991 e. The van der Waals surface area contributed by atoms with Gasteiger partial charge >= 0.3 is 0 Å². The van der Waals surface area contributed by atoms with Crippen LogP contribution < -0.4 is 5.73 Å². The Balaban J connectivity index is 2.00. The highest BCUT2D eigenvalue weighted by molar-refractivity contribution is 5.83. The molecule has 0 heterocycles. The van der Waals surface area contributed by atoms with Crippen LogP contribution >= 0.6 is 0 Å². The Kier molecular flexibility index (Phi) is 3.77. The molecule has 0 unspecified atom stereocenters. The zero-order valence-corrected chi connectivity index (χ0v) is 9.89. The van der Waals surface area contributed by atoms with Crippen LogP contribution in [0.5, 0.6) is 0 Å². The molecule has 1 saturated carbocycles. The van der Waals surface area contributed by atoms with Crippen molar-refractivity contribution in [2.24, 2.45) is 16.6 Å². The first kappa shape index (κ1) is 11.7. The minimum Gasteiger partial charge on any atom is -0.387 e. The molecule has 1 aromatic rings. The number of aliphatic imine (C=N–C) groups is 1. The fourth-order valence-electron chi connectivity index (χ4n) is 2.27. The standard InChI is InChI=1S/C14H17N3/c15-9-11-4-3-5-12(8-11)10-17-14(16)13-6-1-2-7-13/h3-5,8,13H,1-2,6-7,10H2,(H2,16,17). The van der Waals surface area contributed by atoms with Crippen LogP contribution in [0.15, 0.2) is 29.3 Å². The van der Waals surface area contributed by atoms with E-state index in [2.05, 4.69) is 11.1 Å². The summed E-state index contributed by atoms with van der Waals surface area (Å²) in [4.78, 5) is 4.44. The van der Waals surface area contributed by atoms with Crippen LogP contribution in [0.1, 0.15) is 36.8 Å². The monoisotopic (exact) mass is 227 g/mol. The van der Waals surface area contributed by atoms with Crippen LogP contribution in [0.25, 0.3) is 0 Å². The first-order chi connectivity index (χ1) is 8.29. The zero-order chi connectivity index (χ0) is 12.1. The molecule has 0 radical (unpaired) electrons. The van der Waals surface area contributed by atoms with Gasteiger partial charge in [-0.1, -0.05) is 25.0 Å². The number of rotatable bonds is 3. The van der Waals surface area contributed by atoms with E-state index in [1.807, 2.05) is 18.2 Å². The minimum absolute atomic E-state index is 0.481. The van der Waals surface area contributed by atoms with Crippen LogP contribution in [-0.2, 0) is 6.54 Å². The number of amidine groups is 1. The van der Waals surface area contributed by atoms with Gasteiger partial charge in [0.2, 0.25) is 0 Å². The van der Waals surface area contributed by atoms with E-state index in [0.29, 0.717) is 18.0 Å². The van der Waals surface area contributed by atoms with Crippen molar-refractivity contribution in [3.05, 3.63) is 35.4 Å². The highest BCUT2D eigenvalue weighted by Gasteiger charge is 2.18. The molecule has 0 spiro atoms. The maximum atomic E-state index is 8.80. The molecule has 88 valence electrons. The molecule has 1 aliphatic rings. The van der Waals surface area contributed by atoms with Crippen molar-refractivity contribution in [2.75, 3.05) is 0 Å². The van der Waals surface area contributed by atoms with Gasteiger partial charge in [-0.3, -0.25) is 4.99 Å². The second-order valence-corrected chi connectivity index (χ2v) is 4.53. The summed E-state index contributed by atoms with van der Waals surface area (Å²) < 4.78 is 0. The molecule has 2 rings (SSSR count). The zero-order valence-electron chi connectivity index (χ0n) is 9.89. The van der Waals surface area contributed by atoms with Gasteiger partial charge in [0.05, 0.1) is 24.0 Å². The first-order valence-corrected chi connectivity index (χ1v) is 6.08. The number of benzene rings is 1. The number of hydrogen-bond donors (Lipinski definition) is 1. The van der Waals surface area contributed by atoms with Gasteiger partial charge in [-0.25, -0.2) is 0 Å². The molecule has 3 nitrogen and oxygen atoms in total. The van der Waals surface area contributed by atoms with E-state index < -0.39 is 0 Å². The van der Waals surface area contributed by atoms with Gasteiger partial charge in [0.1, 0.15) is 0 Å². The van der Waals surface area contributed by atoms with E-state index in [-0.39, 0.29) is 0 Å².